The number of carbonyl (C=O) groups excluding carboxylic acids is 3. The Kier molecular flexibility index (Phi) is 21.7. The predicted octanol–water partition coefficient (Wildman–Crippen LogP) is 5.99. The number of esters is 1. The van der Waals surface area contributed by atoms with Crippen molar-refractivity contribution in [1.82, 2.24) is 10.4 Å². The highest BCUT2D eigenvalue weighted by atomic mass is 16.8. The van der Waals surface area contributed by atoms with Crippen LogP contribution in [0.25, 0.3) is 0 Å². The summed E-state index contributed by atoms with van der Waals surface area (Å²) in [5.41, 5.74) is 2.51. The smallest absolute Gasteiger partial charge is 0.302 e. The fraction of sp³-hybridized carbons (Fsp3) is 0.516. The highest BCUT2D eigenvalue weighted by molar-refractivity contribution is 5.97. The highest BCUT2D eigenvalue weighted by Gasteiger charge is 2.21. The Morgan fingerprint density at radius 1 is 0.950 bits per heavy atom. The van der Waals surface area contributed by atoms with Crippen LogP contribution in [0.5, 0.6) is 0 Å². The third-order valence-electron chi connectivity index (χ3n) is 4.97. The molecule has 0 spiro atoms. The average molecular weight is 564 g/mol. The lowest BCUT2D eigenvalue weighted by molar-refractivity contribution is -0.218. The zero-order valence-electron chi connectivity index (χ0n) is 25.3. The van der Waals surface area contributed by atoms with E-state index in [4.69, 9.17) is 14.3 Å². The van der Waals surface area contributed by atoms with Crippen LogP contribution in [0.4, 0.5) is 5.69 Å². The van der Waals surface area contributed by atoms with Gasteiger partial charge in [0.2, 0.25) is 11.8 Å². The standard InChI is InChI=1S/C26H35N3O6.C3H8.C2H6.2H2/c1-4-8-25(31)28-24(17-21-9-6-5-7-10-21)26(32)27-23-13-11-22(12-14-23)18-33-19-35-29(3)15-16-34-20(2)30;1-3-2;1-2;;/h5-7,9-14,24H,4,8,15-19H2,1-3H3,(H,27,32)(H,28,31);3H2,1-2H3;1-2H3;2*1H/t24-;;;;/m0..../s1. The number of hydrogen-bond acceptors (Lipinski definition) is 7. The van der Waals surface area contributed by atoms with Crippen LogP contribution >= 0.6 is 0 Å². The van der Waals surface area contributed by atoms with Gasteiger partial charge < -0.3 is 20.1 Å². The lowest BCUT2D eigenvalue weighted by atomic mass is 10.0. The van der Waals surface area contributed by atoms with Crippen LogP contribution in [0.15, 0.2) is 54.6 Å². The zero-order valence-corrected chi connectivity index (χ0v) is 25.3. The number of hydroxylamine groups is 2. The molecule has 0 saturated carbocycles. The first-order valence-corrected chi connectivity index (χ1v) is 14.1. The van der Waals surface area contributed by atoms with Gasteiger partial charge in [-0.05, 0) is 29.7 Å². The molecule has 0 aliphatic rings. The molecule has 2 rings (SSSR count). The lowest BCUT2D eigenvalue weighted by Gasteiger charge is -2.19. The summed E-state index contributed by atoms with van der Waals surface area (Å²) in [6.45, 7) is 12.6. The van der Waals surface area contributed by atoms with Crippen molar-refractivity contribution in [3.63, 3.8) is 0 Å². The Bertz CT molecular complexity index is 949. The number of amides is 2. The van der Waals surface area contributed by atoms with Gasteiger partial charge in [-0.2, -0.15) is 5.06 Å². The minimum Gasteiger partial charge on any atom is -0.464 e. The van der Waals surface area contributed by atoms with Crippen molar-refractivity contribution in [2.24, 2.45) is 0 Å². The van der Waals surface area contributed by atoms with E-state index >= 15 is 0 Å². The summed E-state index contributed by atoms with van der Waals surface area (Å²) in [5, 5.41) is 7.27. The minimum atomic E-state index is -0.672. The van der Waals surface area contributed by atoms with Crippen LogP contribution in [0.3, 0.4) is 0 Å². The van der Waals surface area contributed by atoms with E-state index in [0.29, 0.717) is 38.1 Å². The molecule has 0 fully saturated rings. The molecule has 0 aliphatic heterocycles. The molecule has 9 heteroatoms. The van der Waals surface area contributed by atoms with Gasteiger partial charge in [-0.15, -0.1) is 0 Å². The highest BCUT2D eigenvalue weighted by Crippen LogP contribution is 2.12. The van der Waals surface area contributed by atoms with Gasteiger partial charge in [0.25, 0.3) is 0 Å². The Balaban J connectivity index is -0.00000204. The van der Waals surface area contributed by atoms with Gasteiger partial charge >= 0.3 is 5.97 Å². The summed E-state index contributed by atoms with van der Waals surface area (Å²) in [7, 11) is 1.72. The van der Waals surface area contributed by atoms with Crippen LogP contribution in [-0.4, -0.2) is 55.9 Å². The van der Waals surface area contributed by atoms with E-state index in [1.165, 1.54) is 18.4 Å². The number of nitrogens with one attached hydrogen (secondary N) is 2. The molecule has 2 amide bonds. The first kappa shape index (κ1) is 36.7. The molecule has 0 heterocycles. The molecular weight excluding hydrogens is 510 g/mol. The van der Waals surface area contributed by atoms with Gasteiger partial charge in [-0.3, -0.25) is 19.2 Å². The molecule has 9 nitrogen and oxygen atoms in total. The van der Waals surface area contributed by atoms with E-state index < -0.39 is 6.04 Å². The molecule has 40 heavy (non-hydrogen) atoms. The molecule has 2 aromatic carbocycles. The number of carbonyl (C=O) groups is 3. The molecule has 0 aromatic heterocycles. The number of likely N-dealkylation sites (N-methyl/N-ethyl adjacent to an activating group) is 1. The molecular formula is C31H53N3O6. The van der Waals surface area contributed by atoms with E-state index in [1.54, 1.807) is 19.2 Å². The van der Waals surface area contributed by atoms with Gasteiger partial charge in [0.1, 0.15) is 12.6 Å². The second kappa shape index (κ2) is 23.6. The summed E-state index contributed by atoms with van der Waals surface area (Å²) in [6.07, 6.45) is 2.74. The first-order valence-electron chi connectivity index (χ1n) is 14.1. The van der Waals surface area contributed by atoms with Crippen molar-refractivity contribution >= 4 is 23.5 Å². The maximum atomic E-state index is 12.9. The number of ether oxygens (including phenoxy) is 2. The van der Waals surface area contributed by atoms with Crippen molar-refractivity contribution in [3.05, 3.63) is 65.7 Å². The predicted molar refractivity (Wildman–Crippen MR) is 164 cm³/mol. The lowest BCUT2D eigenvalue weighted by Crippen LogP contribution is -2.45. The zero-order chi connectivity index (χ0) is 30.2. The minimum absolute atomic E-state index is 0. The molecule has 2 N–H and O–H groups in total. The number of benzene rings is 2. The van der Waals surface area contributed by atoms with Crippen molar-refractivity contribution in [2.75, 3.05) is 32.3 Å². The van der Waals surface area contributed by atoms with Gasteiger partial charge in [-0.1, -0.05) is 83.5 Å². The van der Waals surface area contributed by atoms with Crippen LogP contribution < -0.4 is 10.6 Å². The van der Waals surface area contributed by atoms with Gasteiger partial charge in [0, 0.05) is 35.4 Å². The Morgan fingerprint density at radius 2 is 1.57 bits per heavy atom. The molecule has 0 unspecified atom stereocenters. The monoisotopic (exact) mass is 563 g/mol. The fourth-order valence-corrected chi connectivity index (χ4v) is 3.14. The molecule has 1 atom stereocenters. The van der Waals surface area contributed by atoms with Crippen LogP contribution in [-0.2, 0) is 41.7 Å². The number of nitrogens with zero attached hydrogens (tertiary/aromatic N) is 1. The fourth-order valence-electron chi connectivity index (χ4n) is 3.14. The van der Waals surface area contributed by atoms with E-state index in [2.05, 4.69) is 24.5 Å². The Morgan fingerprint density at radius 3 is 2.15 bits per heavy atom. The molecule has 0 radical (unpaired) electrons. The topological polar surface area (TPSA) is 106 Å². The van der Waals surface area contributed by atoms with E-state index in [1.807, 2.05) is 63.2 Å². The largest absolute Gasteiger partial charge is 0.464 e. The summed E-state index contributed by atoms with van der Waals surface area (Å²) >= 11 is 0. The Labute approximate surface area is 243 Å². The van der Waals surface area contributed by atoms with Crippen molar-refractivity contribution in [3.8, 4) is 0 Å². The average Bonchev–Trinajstić information content (AvgIpc) is 2.94. The number of hydrogen-bond donors (Lipinski definition) is 2. The van der Waals surface area contributed by atoms with Crippen molar-refractivity contribution in [1.29, 1.82) is 0 Å². The van der Waals surface area contributed by atoms with Crippen molar-refractivity contribution in [2.45, 2.75) is 79.9 Å². The van der Waals surface area contributed by atoms with Crippen LogP contribution in [0, 0.1) is 0 Å². The molecule has 228 valence electrons. The van der Waals surface area contributed by atoms with Gasteiger partial charge in [-0.25, -0.2) is 0 Å². The molecule has 2 aromatic rings. The summed E-state index contributed by atoms with van der Waals surface area (Å²) in [4.78, 5) is 41.2. The maximum absolute atomic E-state index is 12.9. The Hall–Kier alpha value is -3.27. The maximum Gasteiger partial charge on any atom is 0.302 e. The summed E-state index contributed by atoms with van der Waals surface area (Å²) in [5.74, 6) is -0.745. The third kappa shape index (κ3) is 18.1. The van der Waals surface area contributed by atoms with Gasteiger partial charge in [0.15, 0.2) is 6.79 Å². The number of anilines is 1. The van der Waals surface area contributed by atoms with E-state index in [-0.39, 0.29) is 34.0 Å². The van der Waals surface area contributed by atoms with Gasteiger partial charge in [0.05, 0.1) is 13.2 Å². The van der Waals surface area contributed by atoms with E-state index in [0.717, 1.165) is 11.1 Å². The second-order valence-corrected chi connectivity index (χ2v) is 8.74. The van der Waals surface area contributed by atoms with E-state index in [9.17, 15) is 14.4 Å². The summed E-state index contributed by atoms with van der Waals surface area (Å²) < 4.78 is 10.4. The SMILES string of the molecule is CC.CCC.CCCC(=O)N[C@@H](Cc1ccccc1)C(=O)Nc1ccc(COCON(C)CCOC(C)=O)cc1.[HH].[HH]. The van der Waals surface area contributed by atoms with Crippen molar-refractivity contribution < 1.29 is 31.5 Å². The number of rotatable bonds is 15. The molecule has 0 bridgehead atoms. The quantitative estimate of drug-likeness (QED) is 0.119. The normalized spacial score (nSPS) is 10.8. The third-order valence-corrected chi connectivity index (χ3v) is 4.97. The first-order chi connectivity index (χ1) is 19.3. The molecule has 0 saturated heterocycles. The summed E-state index contributed by atoms with van der Waals surface area (Å²) in [6, 6.07) is 16.2. The van der Waals surface area contributed by atoms with Crippen LogP contribution in [0.1, 0.15) is 74.8 Å². The second-order valence-electron chi connectivity index (χ2n) is 8.74. The van der Waals surface area contributed by atoms with Crippen LogP contribution in [0.2, 0.25) is 0 Å². The molecule has 0 aliphatic carbocycles.